The third-order valence-corrected chi connectivity index (χ3v) is 4.69. The van der Waals surface area contributed by atoms with E-state index in [-0.39, 0.29) is 5.92 Å². The molecule has 0 saturated heterocycles. The fourth-order valence-corrected chi connectivity index (χ4v) is 2.95. The van der Waals surface area contributed by atoms with E-state index in [1.54, 1.807) is 0 Å². The number of carbonyl (C=O) groups is 1. The molecule has 0 radical (unpaired) electrons. The Kier molecular flexibility index (Phi) is 5.18. The summed E-state index contributed by atoms with van der Waals surface area (Å²) in [6.07, 6.45) is 4.92. The van der Waals surface area contributed by atoms with Crippen molar-refractivity contribution in [1.29, 1.82) is 0 Å². The van der Waals surface area contributed by atoms with E-state index in [2.05, 4.69) is 13.8 Å². The Morgan fingerprint density at radius 3 is 2.41 bits per heavy atom. The Morgan fingerprint density at radius 1 is 1.35 bits per heavy atom. The first kappa shape index (κ1) is 14.7. The molecule has 2 heteroatoms. The molecular weight excluding hydrogens is 212 g/mol. The molecule has 0 amide bonds. The molecule has 100 valence electrons. The molecule has 0 aliphatic heterocycles. The summed E-state index contributed by atoms with van der Waals surface area (Å²) in [6.45, 7) is 8.50. The molecule has 1 aliphatic rings. The van der Waals surface area contributed by atoms with Crippen molar-refractivity contribution in [1.82, 2.24) is 0 Å². The van der Waals surface area contributed by atoms with Crippen molar-refractivity contribution >= 4 is 5.78 Å². The van der Waals surface area contributed by atoms with Gasteiger partial charge in [-0.3, -0.25) is 4.79 Å². The zero-order valence-corrected chi connectivity index (χ0v) is 11.8. The Labute approximate surface area is 106 Å². The predicted octanol–water partition coefficient (Wildman–Crippen LogP) is 3.57. The van der Waals surface area contributed by atoms with Crippen molar-refractivity contribution in [2.75, 3.05) is 0 Å². The van der Waals surface area contributed by atoms with Crippen molar-refractivity contribution < 1.29 is 9.90 Å². The maximum Gasteiger partial charge on any atom is 0.136 e. The molecule has 2 nitrogen and oxygen atoms in total. The van der Waals surface area contributed by atoms with Crippen LogP contribution in [0.1, 0.15) is 66.2 Å². The molecule has 0 heterocycles. The van der Waals surface area contributed by atoms with Gasteiger partial charge in [-0.25, -0.2) is 0 Å². The van der Waals surface area contributed by atoms with Crippen molar-refractivity contribution in [3.63, 3.8) is 0 Å². The maximum atomic E-state index is 12.0. The third kappa shape index (κ3) is 3.80. The van der Waals surface area contributed by atoms with Gasteiger partial charge in [-0.05, 0) is 43.9 Å². The Morgan fingerprint density at radius 2 is 1.94 bits per heavy atom. The molecule has 17 heavy (non-hydrogen) atoms. The van der Waals surface area contributed by atoms with Crippen LogP contribution in [-0.2, 0) is 4.79 Å². The van der Waals surface area contributed by atoms with Crippen LogP contribution in [0.4, 0.5) is 0 Å². The first-order chi connectivity index (χ1) is 7.91. The van der Waals surface area contributed by atoms with E-state index in [1.165, 1.54) is 0 Å². The van der Waals surface area contributed by atoms with E-state index < -0.39 is 5.60 Å². The van der Waals surface area contributed by atoms with E-state index in [0.29, 0.717) is 24.0 Å². The highest BCUT2D eigenvalue weighted by Gasteiger charge is 2.35. The van der Waals surface area contributed by atoms with Crippen molar-refractivity contribution in [2.45, 2.75) is 71.8 Å². The number of aliphatic hydroxyl groups is 1. The average Bonchev–Trinajstić information content (AvgIpc) is 2.31. The van der Waals surface area contributed by atoms with Gasteiger partial charge in [0.1, 0.15) is 5.78 Å². The number of carbonyl (C=O) groups excluding carboxylic acids is 1. The maximum absolute atomic E-state index is 12.0. The zero-order chi connectivity index (χ0) is 13.1. The highest BCUT2D eigenvalue weighted by atomic mass is 16.3. The quantitative estimate of drug-likeness (QED) is 0.797. The molecule has 0 aromatic rings. The fourth-order valence-electron chi connectivity index (χ4n) is 2.95. The van der Waals surface area contributed by atoms with Gasteiger partial charge in [0.05, 0.1) is 5.60 Å². The van der Waals surface area contributed by atoms with Crippen LogP contribution < -0.4 is 0 Å². The molecule has 1 aliphatic carbocycles. The summed E-state index contributed by atoms with van der Waals surface area (Å²) in [7, 11) is 0. The summed E-state index contributed by atoms with van der Waals surface area (Å²) in [5, 5.41) is 10.4. The second-order valence-electron chi connectivity index (χ2n) is 6.08. The second kappa shape index (κ2) is 5.99. The van der Waals surface area contributed by atoms with Gasteiger partial charge in [0.15, 0.2) is 0 Å². The molecule has 1 N–H and O–H groups in total. The molecule has 1 rings (SSSR count). The van der Waals surface area contributed by atoms with Crippen LogP contribution in [0.15, 0.2) is 0 Å². The lowest BCUT2D eigenvalue weighted by Crippen LogP contribution is -2.36. The summed E-state index contributed by atoms with van der Waals surface area (Å²) >= 11 is 0. The van der Waals surface area contributed by atoms with Gasteiger partial charge in [0.2, 0.25) is 0 Å². The Hall–Kier alpha value is -0.370. The summed E-state index contributed by atoms with van der Waals surface area (Å²) in [5.41, 5.74) is -0.626. The highest BCUT2D eigenvalue weighted by Crippen LogP contribution is 2.37. The minimum absolute atomic E-state index is 0.0982. The van der Waals surface area contributed by atoms with Gasteiger partial charge >= 0.3 is 0 Å². The SMILES string of the molecule is CCC(O)(CC)CC1CC(C(C)C)CCC1=O. The van der Waals surface area contributed by atoms with Gasteiger partial charge in [-0.2, -0.15) is 0 Å². The highest BCUT2D eigenvalue weighted by molar-refractivity contribution is 5.81. The Bertz CT molecular complexity index is 254. The monoisotopic (exact) mass is 240 g/mol. The van der Waals surface area contributed by atoms with Crippen LogP contribution >= 0.6 is 0 Å². The number of rotatable bonds is 5. The predicted molar refractivity (Wildman–Crippen MR) is 70.8 cm³/mol. The lowest BCUT2D eigenvalue weighted by molar-refractivity contribution is -0.129. The normalized spacial score (nSPS) is 26.6. The topological polar surface area (TPSA) is 37.3 Å². The van der Waals surface area contributed by atoms with Crippen LogP contribution in [0.3, 0.4) is 0 Å². The van der Waals surface area contributed by atoms with Crippen molar-refractivity contribution in [3.05, 3.63) is 0 Å². The molecule has 1 fully saturated rings. The summed E-state index contributed by atoms with van der Waals surface area (Å²) in [6, 6.07) is 0. The van der Waals surface area contributed by atoms with E-state index >= 15 is 0 Å². The number of ketones is 1. The minimum Gasteiger partial charge on any atom is -0.390 e. The molecule has 0 bridgehead atoms. The van der Waals surface area contributed by atoms with Gasteiger partial charge < -0.3 is 5.11 Å². The standard InChI is InChI=1S/C15H28O2/c1-5-15(17,6-2)10-13-9-12(11(3)4)7-8-14(13)16/h11-13,17H,5-10H2,1-4H3. The molecule has 1 saturated carbocycles. The number of hydrogen-bond acceptors (Lipinski definition) is 2. The molecule has 2 atom stereocenters. The summed E-state index contributed by atoms with van der Waals surface area (Å²) in [5.74, 6) is 1.79. The molecular formula is C15H28O2. The molecule has 0 aromatic heterocycles. The second-order valence-corrected chi connectivity index (χ2v) is 6.08. The van der Waals surface area contributed by atoms with E-state index in [4.69, 9.17) is 0 Å². The van der Waals surface area contributed by atoms with Crippen LogP contribution in [0, 0.1) is 17.8 Å². The van der Waals surface area contributed by atoms with Crippen LogP contribution in [0.5, 0.6) is 0 Å². The molecule has 0 spiro atoms. The number of hydrogen-bond donors (Lipinski definition) is 1. The van der Waals surface area contributed by atoms with Gasteiger partial charge in [-0.15, -0.1) is 0 Å². The first-order valence-corrected chi connectivity index (χ1v) is 7.17. The molecule has 0 aromatic carbocycles. The average molecular weight is 240 g/mol. The lowest BCUT2D eigenvalue weighted by Gasteiger charge is -2.35. The van der Waals surface area contributed by atoms with Gasteiger partial charge in [0, 0.05) is 12.3 Å². The largest absolute Gasteiger partial charge is 0.390 e. The van der Waals surface area contributed by atoms with Crippen LogP contribution in [0.2, 0.25) is 0 Å². The van der Waals surface area contributed by atoms with Gasteiger partial charge in [-0.1, -0.05) is 27.7 Å². The first-order valence-electron chi connectivity index (χ1n) is 7.17. The Balaban J connectivity index is 2.64. The van der Waals surface area contributed by atoms with Crippen molar-refractivity contribution in [2.24, 2.45) is 17.8 Å². The van der Waals surface area contributed by atoms with E-state index in [9.17, 15) is 9.90 Å². The van der Waals surface area contributed by atoms with Crippen LogP contribution in [0.25, 0.3) is 0 Å². The third-order valence-electron chi connectivity index (χ3n) is 4.69. The van der Waals surface area contributed by atoms with E-state index in [0.717, 1.165) is 32.1 Å². The number of Topliss-reactive ketones (excluding diaryl/α,β-unsaturated/α-hetero) is 1. The fraction of sp³-hybridized carbons (Fsp3) is 0.933. The summed E-state index contributed by atoms with van der Waals surface area (Å²) < 4.78 is 0. The molecule has 2 unspecified atom stereocenters. The smallest absolute Gasteiger partial charge is 0.136 e. The summed E-state index contributed by atoms with van der Waals surface area (Å²) in [4.78, 5) is 12.0. The van der Waals surface area contributed by atoms with E-state index in [1.807, 2.05) is 13.8 Å². The lowest BCUT2D eigenvalue weighted by atomic mass is 9.71. The van der Waals surface area contributed by atoms with Crippen molar-refractivity contribution in [3.8, 4) is 0 Å². The van der Waals surface area contributed by atoms with Gasteiger partial charge in [0.25, 0.3) is 0 Å². The zero-order valence-electron chi connectivity index (χ0n) is 11.8. The van der Waals surface area contributed by atoms with Crippen LogP contribution in [-0.4, -0.2) is 16.5 Å². The minimum atomic E-state index is -0.626.